The molecule has 5 heteroatoms. The Kier molecular flexibility index (Phi) is 5.14. The third-order valence-corrected chi connectivity index (χ3v) is 2.85. The Bertz CT molecular complexity index is 306. The number of nitrogens with one attached hydrogen (secondary N) is 1. The fraction of sp³-hybridized carbons (Fsp3) is 0.846. The van der Waals surface area contributed by atoms with E-state index in [9.17, 15) is 9.59 Å². The third-order valence-electron chi connectivity index (χ3n) is 2.85. The summed E-state index contributed by atoms with van der Waals surface area (Å²) < 4.78 is 0. The van der Waals surface area contributed by atoms with Crippen LogP contribution in [0, 0.1) is 5.92 Å². The van der Waals surface area contributed by atoms with E-state index in [2.05, 4.69) is 5.32 Å². The van der Waals surface area contributed by atoms with E-state index < -0.39 is 5.97 Å². The molecule has 0 aliphatic heterocycles. The maximum absolute atomic E-state index is 12.0. The second-order valence-corrected chi connectivity index (χ2v) is 6.04. The average Bonchev–Trinajstić information content (AvgIpc) is 2.97. The molecule has 104 valence electrons. The lowest BCUT2D eigenvalue weighted by atomic mass is 10.1. The average molecular weight is 256 g/mol. The third kappa shape index (κ3) is 6.59. The molecule has 0 atom stereocenters. The van der Waals surface area contributed by atoms with Gasteiger partial charge in [-0.1, -0.05) is 0 Å². The molecule has 0 bridgehead atoms. The normalized spacial score (nSPS) is 15.5. The molecular weight excluding hydrogens is 232 g/mol. The Labute approximate surface area is 109 Å². The van der Waals surface area contributed by atoms with Crippen LogP contribution in [-0.4, -0.2) is 47.1 Å². The number of nitrogens with zero attached hydrogens (tertiary/aromatic N) is 1. The summed E-state index contributed by atoms with van der Waals surface area (Å²) >= 11 is 0. The van der Waals surface area contributed by atoms with Crippen molar-refractivity contribution in [3.05, 3.63) is 0 Å². The van der Waals surface area contributed by atoms with Crippen molar-refractivity contribution in [3.63, 3.8) is 0 Å². The predicted octanol–water partition coefficient (Wildman–Crippen LogP) is 1.09. The monoisotopic (exact) mass is 256 g/mol. The lowest BCUT2D eigenvalue weighted by molar-refractivity contribution is -0.144. The molecule has 1 saturated carbocycles. The summed E-state index contributed by atoms with van der Waals surface area (Å²) in [6, 6.07) is 0. The Morgan fingerprint density at radius 2 is 1.94 bits per heavy atom. The van der Waals surface area contributed by atoms with E-state index in [0.29, 0.717) is 25.4 Å². The van der Waals surface area contributed by atoms with E-state index >= 15 is 0 Å². The lowest BCUT2D eigenvalue weighted by Gasteiger charge is -2.23. The summed E-state index contributed by atoms with van der Waals surface area (Å²) in [5.74, 6) is -0.488. The number of carbonyl (C=O) groups excluding carboxylic acids is 1. The van der Waals surface area contributed by atoms with Crippen LogP contribution in [0.3, 0.4) is 0 Å². The van der Waals surface area contributed by atoms with E-state index in [-0.39, 0.29) is 18.0 Å². The van der Waals surface area contributed by atoms with Crippen molar-refractivity contribution in [1.82, 2.24) is 10.2 Å². The van der Waals surface area contributed by atoms with Crippen LogP contribution in [0.25, 0.3) is 0 Å². The number of carboxylic acids is 1. The molecule has 0 spiro atoms. The maximum atomic E-state index is 12.0. The summed E-state index contributed by atoms with van der Waals surface area (Å²) in [7, 11) is 0. The Balaban J connectivity index is 2.35. The Hall–Kier alpha value is -1.10. The van der Waals surface area contributed by atoms with Crippen molar-refractivity contribution in [1.29, 1.82) is 0 Å². The molecule has 0 aromatic heterocycles. The highest BCUT2D eigenvalue weighted by molar-refractivity contribution is 5.81. The molecule has 1 fully saturated rings. The van der Waals surface area contributed by atoms with Crippen molar-refractivity contribution in [2.75, 3.05) is 19.6 Å². The zero-order valence-electron chi connectivity index (χ0n) is 11.5. The van der Waals surface area contributed by atoms with Crippen LogP contribution in [-0.2, 0) is 9.59 Å². The molecule has 18 heavy (non-hydrogen) atoms. The highest BCUT2D eigenvalue weighted by atomic mass is 16.4. The van der Waals surface area contributed by atoms with Gasteiger partial charge < -0.3 is 15.3 Å². The first-order valence-corrected chi connectivity index (χ1v) is 6.52. The van der Waals surface area contributed by atoms with Gasteiger partial charge in [-0.25, -0.2) is 0 Å². The van der Waals surface area contributed by atoms with Crippen molar-refractivity contribution >= 4 is 11.9 Å². The number of carbonyl (C=O) groups is 2. The molecule has 2 N–H and O–H groups in total. The molecule has 0 saturated heterocycles. The molecule has 1 rings (SSSR count). The standard InChI is InChI=1S/C13H24N2O3/c1-13(2,3)14-7-6-11(16)15(9-12(17)18)8-10-4-5-10/h10,14H,4-9H2,1-3H3,(H,17,18). The Morgan fingerprint density at radius 1 is 1.33 bits per heavy atom. The second-order valence-electron chi connectivity index (χ2n) is 6.04. The molecule has 0 unspecified atom stereocenters. The van der Waals surface area contributed by atoms with E-state index in [0.717, 1.165) is 12.8 Å². The highest BCUT2D eigenvalue weighted by Crippen LogP contribution is 2.29. The topological polar surface area (TPSA) is 69.6 Å². The zero-order chi connectivity index (χ0) is 13.8. The first-order valence-electron chi connectivity index (χ1n) is 6.52. The van der Waals surface area contributed by atoms with Crippen LogP contribution in [0.15, 0.2) is 0 Å². The van der Waals surface area contributed by atoms with Crippen molar-refractivity contribution in [2.24, 2.45) is 5.92 Å². The van der Waals surface area contributed by atoms with Gasteiger partial charge in [0.15, 0.2) is 0 Å². The van der Waals surface area contributed by atoms with Gasteiger partial charge in [-0.15, -0.1) is 0 Å². The van der Waals surface area contributed by atoms with Gasteiger partial charge in [0, 0.05) is 25.0 Å². The summed E-state index contributed by atoms with van der Waals surface area (Å²) in [6.07, 6.45) is 2.59. The van der Waals surface area contributed by atoms with Crippen LogP contribution in [0.1, 0.15) is 40.0 Å². The minimum atomic E-state index is -0.937. The van der Waals surface area contributed by atoms with Gasteiger partial charge in [-0.05, 0) is 39.5 Å². The van der Waals surface area contributed by atoms with Crippen molar-refractivity contribution in [2.45, 2.75) is 45.6 Å². The van der Waals surface area contributed by atoms with E-state index in [1.165, 1.54) is 4.90 Å². The number of aliphatic carboxylic acids is 1. The van der Waals surface area contributed by atoms with E-state index in [1.807, 2.05) is 20.8 Å². The lowest BCUT2D eigenvalue weighted by Crippen LogP contribution is -2.41. The smallest absolute Gasteiger partial charge is 0.323 e. The van der Waals surface area contributed by atoms with Crippen LogP contribution >= 0.6 is 0 Å². The Morgan fingerprint density at radius 3 is 2.39 bits per heavy atom. The summed E-state index contributed by atoms with van der Waals surface area (Å²) in [5, 5.41) is 12.0. The number of hydrogen-bond acceptors (Lipinski definition) is 3. The van der Waals surface area contributed by atoms with Crippen LogP contribution < -0.4 is 5.32 Å². The van der Waals surface area contributed by atoms with Crippen LogP contribution in [0.2, 0.25) is 0 Å². The first-order chi connectivity index (χ1) is 8.28. The molecule has 1 amide bonds. The highest BCUT2D eigenvalue weighted by Gasteiger charge is 2.27. The summed E-state index contributed by atoms with van der Waals surface area (Å²) in [6.45, 7) is 7.12. The fourth-order valence-corrected chi connectivity index (χ4v) is 1.73. The van der Waals surface area contributed by atoms with Crippen molar-refractivity contribution < 1.29 is 14.7 Å². The molecule has 1 aliphatic carbocycles. The molecular formula is C13H24N2O3. The van der Waals surface area contributed by atoms with Crippen LogP contribution in [0.5, 0.6) is 0 Å². The van der Waals surface area contributed by atoms with E-state index in [4.69, 9.17) is 5.11 Å². The van der Waals surface area contributed by atoms with Crippen molar-refractivity contribution in [3.8, 4) is 0 Å². The minimum absolute atomic E-state index is 0.0194. The zero-order valence-corrected chi connectivity index (χ0v) is 11.5. The van der Waals surface area contributed by atoms with Gasteiger partial charge >= 0.3 is 5.97 Å². The van der Waals surface area contributed by atoms with Gasteiger partial charge in [-0.3, -0.25) is 9.59 Å². The van der Waals surface area contributed by atoms with Gasteiger partial charge in [0.2, 0.25) is 5.91 Å². The quantitative estimate of drug-likeness (QED) is 0.715. The van der Waals surface area contributed by atoms with Gasteiger partial charge in [0.1, 0.15) is 6.54 Å². The molecule has 5 nitrogen and oxygen atoms in total. The SMILES string of the molecule is CC(C)(C)NCCC(=O)N(CC(=O)O)CC1CC1. The largest absolute Gasteiger partial charge is 0.480 e. The summed E-state index contributed by atoms with van der Waals surface area (Å²) in [4.78, 5) is 24.2. The van der Waals surface area contributed by atoms with Gasteiger partial charge in [0.05, 0.1) is 0 Å². The van der Waals surface area contributed by atoms with Crippen LogP contribution in [0.4, 0.5) is 0 Å². The number of amides is 1. The molecule has 0 aromatic carbocycles. The predicted molar refractivity (Wildman–Crippen MR) is 69.3 cm³/mol. The number of rotatable bonds is 7. The maximum Gasteiger partial charge on any atom is 0.323 e. The molecule has 1 aliphatic rings. The first kappa shape index (κ1) is 15.0. The molecule has 0 radical (unpaired) electrons. The minimum Gasteiger partial charge on any atom is -0.480 e. The summed E-state index contributed by atoms with van der Waals surface area (Å²) in [5.41, 5.74) is -0.0194. The second kappa shape index (κ2) is 6.18. The number of carboxylic acid groups (broad SMARTS) is 1. The van der Waals surface area contributed by atoms with Gasteiger partial charge in [-0.2, -0.15) is 0 Å². The number of hydrogen-bond donors (Lipinski definition) is 2. The van der Waals surface area contributed by atoms with E-state index in [1.54, 1.807) is 0 Å². The van der Waals surface area contributed by atoms with Gasteiger partial charge in [0.25, 0.3) is 0 Å². The fourth-order valence-electron chi connectivity index (χ4n) is 1.73. The molecule has 0 aromatic rings. The molecule has 0 heterocycles.